The van der Waals surface area contributed by atoms with Crippen molar-refractivity contribution in [3.63, 3.8) is 0 Å². The van der Waals surface area contributed by atoms with Gasteiger partial charge < -0.3 is 15.3 Å². The van der Waals surface area contributed by atoms with Gasteiger partial charge in [-0.2, -0.15) is 0 Å². The van der Waals surface area contributed by atoms with Crippen LogP contribution in [0.1, 0.15) is 15.9 Å². The predicted octanol–water partition coefficient (Wildman–Crippen LogP) is 2.78. The number of nitrogens with two attached hydrogens (primary N) is 1. The van der Waals surface area contributed by atoms with Crippen molar-refractivity contribution in [3.05, 3.63) is 63.2 Å². The summed E-state index contributed by atoms with van der Waals surface area (Å²) in [5, 5.41) is 3.66. The van der Waals surface area contributed by atoms with E-state index in [0.29, 0.717) is 16.9 Å². The molecule has 2 aromatic rings. The van der Waals surface area contributed by atoms with Gasteiger partial charge in [-0.15, -0.1) is 0 Å². The zero-order chi connectivity index (χ0) is 15.2. The molecule has 6 heteroatoms. The third kappa shape index (κ3) is 4.19. The molecule has 108 valence electrons. The predicted molar refractivity (Wildman–Crippen MR) is 88.3 cm³/mol. The van der Waals surface area contributed by atoms with E-state index in [9.17, 15) is 4.79 Å². The van der Waals surface area contributed by atoms with Crippen molar-refractivity contribution in [2.45, 2.75) is 0 Å². The number of nitrogens with zero attached hydrogens (tertiary/aromatic N) is 1. The molecule has 5 nitrogen and oxygen atoms in total. The molecular weight excluding hydrogens is 383 g/mol. The van der Waals surface area contributed by atoms with E-state index in [1.165, 1.54) is 0 Å². The topological polar surface area (TPSA) is 73.9 Å². The van der Waals surface area contributed by atoms with Crippen LogP contribution in [-0.4, -0.2) is 18.9 Å². The van der Waals surface area contributed by atoms with Crippen LogP contribution in [0, 0.1) is 3.57 Å². The second-order valence-electron chi connectivity index (χ2n) is 4.09. The van der Waals surface area contributed by atoms with E-state index in [4.69, 9.17) is 15.3 Å². The summed E-state index contributed by atoms with van der Waals surface area (Å²) in [6.45, 7) is 0. The summed E-state index contributed by atoms with van der Waals surface area (Å²) < 4.78 is 5.99. The molecule has 2 rings (SSSR count). The van der Waals surface area contributed by atoms with Crippen LogP contribution >= 0.6 is 22.6 Å². The van der Waals surface area contributed by atoms with Crippen molar-refractivity contribution in [1.82, 2.24) is 0 Å². The summed E-state index contributed by atoms with van der Waals surface area (Å²) in [7, 11) is 1.58. The first-order valence-corrected chi connectivity index (χ1v) is 7.13. The molecule has 0 fully saturated rings. The number of amidine groups is 1. The number of rotatable bonds is 4. The molecular formula is C15H13IN2O3. The number of methoxy groups -OCH3 is 1. The van der Waals surface area contributed by atoms with Gasteiger partial charge in [0.15, 0.2) is 5.84 Å². The molecule has 2 aromatic carbocycles. The number of carbonyl (C=O) groups is 1. The Morgan fingerprint density at radius 1 is 1.14 bits per heavy atom. The number of halogens is 1. The highest BCUT2D eigenvalue weighted by atomic mass is 127. The van der Waals surface area contributed by atoms with Gasteiger partial charge in [0.1, 0.15) is 5.75 Å². The molecule has 0 aliphatic heterocycles. The first kappa shape index (κ1) is 15.3. The summed E-state index contributed by atoms with van der Waals surface area (Å²) >= 11 is 2.12. The van der Waals surface area contributed by atoms with Crippen LogP contribution in [-0.2, 0) is 4.84 Å². The van der Waals surface area contributed by atoms with Crippen molar-refractivity contribution < 1.29 is 14.4 Å². The van der Waals surface area contributed by atoms with E-state index < -0.39 is 5.97 Å². The van der Waals surface area contributed by atoms with Crippen LogP contribution in [0.5, 0.6) is 5.75 Å². The molecule has 0 spiro atoms. The Labute approximate surface area is 135 Å². The first-order valence-electron chi connectivity index (χ1n) is 6.05. The third-order valence-corrected chi connectivity index (χ3v) is 3.34. The quantitative estimate of drug-likeness (QED) is 0.284. The summed E-state index contributed by atoms with van der Waals surface area (Å²) in [4.78, 5) is 16.7. The Morgan fingerprint density at radius 3 is 2.48 bits per heavy atom. The van der Waals surface area contributed by atoms with Gasteiger partial charge >= 0.3 is 5.97 Å². The van der Waals surface area contributed by atoms with E-state index in [2.05, 4.69) is 27.7 Å². The average Bonchev–Trinajstić information content (AvgIpc) is 2.52. The second kappa shape index (κ2) is 7.07. The van der Waals surface area contributed by atoms with Gasteiger partial charge in [-0.05, 0) is 65.1 Å². The molecule has 0 unspecified atom stereocenters. The fraction of sp³-hybridized carbons (Fsp3) is 0.0667. The Morgan fingerprint density at radius 2 is 1.86 bits per heavy atom. The van der Waals surface area contributed by atoms with Crippen LogP contribution < -0.4 is 10.5 Å². The monoisotopic (exact) mass is 396 g/mol. The minimum absolute atomic E-state index is 0.122. The van der Waals surface area contributed by atoms with Crippen molar-refractivity contribution >= 4 is 34.4 Å². The normalized spacial score (nSPS) is 11.0. The fourth-order valence-corrected chi connectivity index (χ4v) is 2.12. The van der Waals surface area contributed by atoms with E-state index in [1.54, 1.807) is 49.6 Å². The maximum atomic E-state index is 11.8. The van der Waals surface area contributed by atoms with E-state index in [0.717, 1.165) is 3.57 Å². The van der Waals surface area contributed by atoms with Gasteiger partial charge in [0.25, 0.3) is 0 Å². The number of hydrogen-bond acceptors (Lipinski definition) is 4. The smallest absolute Gasteiger partial charge is 0.365 e. The largest absolute Gasteiger partial charge is 0.497 e. The lowest BCUT2D eigenvalue weighted by Crippen LogP contribution is -2.15. The zero-order valence-electron chi connectivity index (χ0n) is 11.2. The molecule has 0 atom stereocenters. The van der Waals surface area contributed by atoms with Crippen molar-refractivity contribution in [2.75, 3.05) is 7.11 Å². The molecule has 0 aliphatic rings. The number of oxime groups is 1. The summed E-state index contributed by atoms with van der Waals surface area (Å²) in [5.41, 5.74) is 6.84. The van der Waals surface area contributed by atoms with Crippen LogP contribution in [0.2, 0.25) is 0 Å². The average molecular weight is 396 g/mol. The van der Waals surface area contributed by atoms with Gasteiger partial charge in [-0.25, -0.2) is 4.79 Å². The van der Waals surface area contributed by atoms with E-state index in [1.807, 2.05) is 6.07 Å². The number of carbonyl (C=O) groups excluding carboxylic acids is 1. The molecule has 0 amide bonds. The molecule has 0 aliphatic carbocycles. The molecule has 0 radical (unpaired) electrons. The van der Waals surface area contributed by atoms with Crippen LogP contribution in [0.3, 0.4) is 0 Å². The SMILES string of the molecule is COc1ccc(/C(N)=N/OC(=O)c2cccc(I)c2)cc1. The molecule has 0 heterocycles. The Balaban J connectivity index is 2.07. The second-order valence-corrected chi connectivity index (χ2v) is 5.34. The standard InChI is InChI=1S/C15H13IN2O3/c1-20-13-7-5-10(6-8-13)14(17)18-21-15(19)11-3-2-4-12(16)9-11/h2-9H,1H3,(H2,17,18). The lowest BCUT2D eigenvalue weighted by Gasteiger charge is -2.03. The molecule has 0 aromatic heterocycles. The van der Waals surface area contributed by atoms with Gasteiger partial charge in [0.05, 0.1) is 12.7 Å². The number of hydrogen-bond donors (Lipinski definition) is 1. The summed E-state index contributed by atoms with van der Waals surface area (Å²) in [6, 6.07) is 14.0. The third-order valence-electron chi connectivity index (χ3n) is 2.67. The van der Waals surface area contributed by atoms with Crippen molar-refractivity contribution in [2.24, 2.45) is 10.9 Å². The van der Waals surface area contributed by atoms with E-state index in [-0.39, 0.29) is 5.84 Å². The lowest BCUT2D eigenvalue weighted by molar-refractivity contribution is 0.0516. The minimum Gasteiger partial charge on any atom is -0.497 e. The van der Waals surface area contributed by atoms with Crippen LogP contribution in [0.25, 0.3) is 0 Å². The Bertz CT molecular complexity index is 669. The summed E-state index contributed by atoms with van der Waals surface area (Å²) in [5.74, 6) is 0.281. The maximum Gasteiger partial charge on any atom is 0.365 e. The van der Waals surface area contributed by atoms with Crippen molar-refractivity contribution in [1.29, 1.82) is 0 Å². The van der Waals surface area contributed by atoms with Crippen LogP contribution in [0.4, 0.5) is 0 Å². The maximum absolute atomic E-state index is 11.8. The Hall–Kier alpha value is -2.09. The van der Waals surface area contributed by atoms with Crippen LogP contribution in [0.15, 0.2) is 53.7 Å². The Kier molecular flexibility index (Phi) is 5.15. The molecule has 0 saturated heterocycles. The van der Waals surface area contributed by atoms with E-state index >= 15 is 0 Å². The molecule has 0 bridgehead atoms. The molecule has 21 heavy (non-hydrogen) atoms. The van der Waals surface area contributed by atoms with Gasteiger partial charge in [-0.1, -0.05) is 11.2 Å². The molecule has 0 saturated carbocycles. The number of benzene rings is 2. The van der Waals surface area contributed by atoms with Gasteiger partial charge in [-0.3, -0.25) is 0 Å². The number of ether oxygens (including phenoxy) is 1. The van der Waals surface area contributed by atoms with Crippen molar-refractivity contribution in [3.8, 4) is 5.75 Å². The van der Waals surface area contributed by atoms with Gasteiger partial charge in [0, 0.05) is 9.13 Å². The first-order chi connectivity index (χ1) is 10.1. The summed E-state index contributed by atoms with van der Waals surface area (Å²) in [6.07, 6.45) is 0. The minimum atomic E-state index is -0.551. The zero-order valence-corrected chi connectivity index (χ0v) is 13.4. The fourth-order valence-electron chi connectivity index (χ4n) is 1.57. The highest BCUT2D eigenvalue weighted by Gasteiger charge is 2.08. The highest BCUT2D eigenvalue weighted by Crippen LogP contribution is 2.12. The lowest BCUT2D eigenvalue weighted by atomic mass is 10.2. The molecule has 2 N–H and O–H groups in total. The van der Waals surface area contributed by atoms with Gasteiger partial charge in [0.2, 0.25) is 0 Å². The highest BCUT2D eigenvalue weighted by molar-refractivity contribution is 14.1.